The standard InChI is InChI=1S/C10H18O/c1-9(2)5-4-6-10(3)7-8-11/h6-9,11H,4-5H2,1-3H3/b8-7+,10-6?. The summed E-state index contributed by atoms with van der Waals surface area (Å²) in [6.07, 6.45) is 7.26. The molecule has 0 bridgehead atoms. The highest BCUT2D eigenvalue weighted by molar-refractivity contribution is 5.13. The summed E-state index contributed by atoms with van der Waals surface area (Å²) in [5.74, 6) is 0.761. The van der Waals surface area contributed by atoms with Crippen LogP contribution in [0.4, 0.5) is 0 Å². The van der Waals surface area contributed by atoms with E-state index in [0.717, 1.165) is 24.2 Å². The van der Waals surface area contributed by atoms with Crippen LogP contribution in [0.15, 0.2) is 24.0 Å². The minimum atomic E-state index is 0.761. The number of aliphatic hydroxyl groups excluding tert-OH is 1. The van der Waals surface area contributed by atoms with Gasteiger partial charge in [0.2, 0.25) is 0 Å². The van der Waals surface area contributed by atoms with E-state index in [1.807, 2.05) is 6.92 Å². The summed E-state index contributed by atoms with van der Waals surface area (Å²) >= 11 is 0. The highest BCUT2D eigenvalue weighted by Gasteiger charge is 1.90. The van der Waals surface area contributed by atoms with E-state index in [-0.39, 0.29) is 0 Å². The average Bonchev–Trinajstić information content (AvgIpc) is 1.87. The summed E-state index contributed by atoms with van der Waals surface area (Å²) in [5.41, 5.74) is 1.13. The Morgan fingerprint density at radius 1 is 1.45 bits per heavy atom. The van der Waals surface area contributed by atoms with E-state index in [2.05, 4.69) is 19.9 Å². The molecule has 0 radical (unpaired) electrons. The zero-order valence-corrected chi connectivity index (χ0v) is 7.67. The minimum Gasteiger partial charge on any atom is -0.516 e. The lowest BCUT2D eigenvalue weighted by atomic mass is 10.1. The maximum atomic E-state index is 8.42. The van der Waals surface area contributed by atoms with Crippen LogP contribution in [-0.4, -0.2) is 5.11 Å². The Bertz CT molecular complexity index is 143. The molecule has 0 heterocycles. The van der Waals surface area contributed by atoms with Crippen molar-refractivity contribution in [3.05, 3.63) is 24.0 Å². The van der Waals surface area contributed by atoms with Crippen molar-refractivity contribution < 1.29 is 5.11 Å². The number of hydrogen-bond acceptors (Lipinski definition) is 1. The van der Waals surface area contributed by atoms with E-state index < -0.39 is 0 Å². The first-order chi connectivity index (χ1) is 5.16. The Labute approximate surface area is 69.4 Å². The first-order valence-electron chi connectivity index (χ1n) is 4.14. The van der Waals surface area contributed by atoms with Gasteiger partial charge in [0.25, 0.3) is 0 Å². The highest BCUT2D eigenvalue weighted by Crippen LogP contribution is 2.06. The van der Waals surface area contributed by atoms with Gasteiger partial charge < -0.3 is 5.11 Å². The maximum Gasteiger partial charge on any atom is 0.0794 e. The molecule has 1 heteroatoms. The number of aliphatic hydroxyl groups is 1. The molecule has 0 aliphatic carbocycles. The molecule has 0 aliphatic heterocycles. The summed E-state index contributed by atoms with van der Waals surface area (Å²) in [6, 6.07) is 0. The fourth-order valence-corrected chi connectivity index (χ4v) is 0.830. The first kappa shape index (κ1) is 10.3. The van der Waals surface area contributed by atoms with E-state index in [4.69, 9.17) is 5.11 Å². The van der Waals surface area contributed by atoms with Crippen molar-refractivity contribution in [3.63, 3.8) is 0 Å². The summed E-state index contributed by atoms with van der Waals surface area (Å²) in [6.45, 7) is 6.42. The smallest absolute Gasteiger partial charge is 0.0794 e. The van der Waals surface area contributed by atoms with Crippen molar-refractivity contribution in [2.24, 2.45) is 5.92 Å². The summed E-state index contributed by atoms with van der Waals surface area (Å²) in [4.78, 5) is 0. The van der Waals surface area contributed by atoms with Gasteiger partial charge in [-0.05, 0) is 31.8 Å². The minimum absolute atomic E-state index is 0.761. The SMILES string of the molecule is CC(=CCCC(C)C)/C=C/O. The topological polar surface area (TPSA) is 20.2 Å². The Balaban J connectivity index is 3.56. The fourth-order valence-electron chi connectivity index (χ4n) is 0.830. The van der Waals surface area contributed by atoms with E-state index in [1.54, 1.807) is 6.08 Å². The van der Waals surface area contributed by atoms with E-state index in [1.165, 1.54) is 6.42 Å². The van der Waals surface area contributed by atoms with Crippen molar-refractivity contribution in [2.45, 2.75) is 33.6 Å². The normalized spacial score (nSPS) is 13.3. The van der Waals surface area contributed by atoms with Gasteiger partial charge in [0.05, 0.1) is 6.26 Å². The van der Waals surface area contributed by atoms with Crippen LogP contribution >= 0.6 is 0 Å². The van der Waals surface area contributed by atoms with Gasteiger partial charge in [0.15, 0.2) is 0 Å². The molecule has 0 spiro atoms. The van der Waals surface area contributed by atoms with Crippen LogP contribution < -0.4 is 0 Å². The molecule has 64 valence electrons. The molecule has 0 amide bonds. The third kappa shape index (κ3) is 7.17. The molecule has 0 atom stereocenters. The van der Waals surface area contributed by atoms with Crippen LogP contribution in [-0.2, 0) is 0 Å². The molecule has 0 aliphatic rings. The van der Waals surface area contributed by atoms with E-state index in [9.17, 15) is 0 Å². The fraction of sp³-hybridized carbons (Fsp3) is 0.600. The molecule has 0 fully saturated rings. The van der Waals surface area contributed by atoms with Crippen molar-refractivity contribution in [1.82, 2.24) is 0 Å². The molecule has 0 aromatic carbocycles. The number of rotatable bonds is 4. The molecule has 1 nitrogen and oxygen atoms in total. The van der Waals surface area contributed by atoms with E-state index >= 15 is 0 Å². The zero-order chi connectivity index (χ0) is 8.69. The largest absolute Gasteiger partial charge is 0.516 e. The lowest BCUT2D eigenvalue weighted by Crippen LogP contribution is -1.84. The highest BCUT2D eigenvalue weighted by atomic mass is 16.2. The van der Waals surface area contributed by atoms with Crippen LogP contribution in [0, 0.1) is 5.92 Å². The summed E-state index contributed by atoms with van der Waals surface area (Å²) < 4.78 is 0. The van der Waals surface area contributed by atoms with Crippen molar-refractivity contribution in [3.8, 4) is 0 Å². The van der Waals surface area contributed by atoms with Crippen molar-refractivity contribution >= 4 is 0 Å². The molecule has 0 saturated heterocycles. The quantitative estimate of drug-likeness (QED) is 0.486. The Morgan fingerprint density at radius 2 is 2.09 bits per heavy atom. The molecular weight excluding hydrogens is 136 g/mol. The molecular formula is C10H18O. The number of allylic oxidation sites excluding steroid dienone is 3. The molecule has 0 aromatic rings. The van der Waals surface area contributed by atoms with E-state index in [0.29, 0.717) is 0 Å². The Morgan fingerprint density at radius 3 is 2.55 bits per heavy atom. The Kier molecular flexibility index (Phi) is 5.63. The van der Waals surface area contributed by atoms with Gasteiger partial charge >= 0.3 is 0 Å². The molecule has 1 N–H and O–H groups in total. The second-order valence-electron chi connectivity index (χ2n) is 3.24. The monoisotopic (exact) mass is 154 g/mol. The van der Waals surface area contributed by atoms with Gasteiger partial charge in [-0.1, -0.05) is 25.5 Å². The third-order valence-electron chi connectivity index (χ3n) is 1.55. The summed E-state index contributed by atoms with van der Waals surface area (Å²) in [7, 11) is 0. The van der Waals surface area contributed by atoms with Gasteiger partial charge in [-0.15, -0.1) is 0 Å². The molecule has 0 saturated carbocycles. The maximum absolute atomic E-state index is 8.42. The van der Waals surface area contributed by atoms with Gasteiger partial charge in [0.1, 0.15) is 0 Å². The van der Waals surface area contributed by atoms with Crippen LogP contribution in [0.2, 0.25) is 0 Å². The summed E-state index contributed by atoms with van der Waals surface area (Å²) in [5, 5.41) is 8.42. The lowest BCUT2D eigenvalue weighted by molar-refractivity contribution is 0.473. The molecule has 11 heavy (non-hydrogen) atoms. The van der Waals surface area contributed by atoms with Gasteiger partial charge in [0, 0.05) is 0 Å². The zero-order valence-electron chi connectivity index (χ0n) is 7.67. The van der Waals surface area contributed by atoms with Crippen LogP contribution in [0.3, 0.4) is 0 Å². The number of hydrogen-bond donors (Lipinski definition) is 1. The average molecular weight is 154 g/mol. The van der Waals surface area contributed by atoms with Crippen LogP contribution in [0.25, 0.3) is 0 Å². The van der Waals surface area contributed by atoms with Gasteiger partial charge in [-0.3, -0.25) is 0 Å². The lowest BCUT2D eigenvalue weighted by Gasteiger charge is -1.99. The third-order valence-corrected chi connectivity index (χ3v) is 1.55. The predicted molar refractivity (Wildman–Crippen MR) is 49.6 cm³/mol. The van der Waals surface area contributed by atoms with Gasteiger partial charge in [-0.25, -0.2) is 0 Å². The Hall–Kier alpha value is -0.720. The van der Waals surface area contributed by atoms with Crippen molar-refractivity contribution in [2.75, 3.05) is 0 Å². The predicted octanol–water partition coefficient (Wildman–Crippen LogP) is 3.44. The second-order valence-corrected chi connectivity index (χ2v) is 3.24. The first-order valence-corrected chi connectivity index (χ1v) is 4.14. The van der Waals surface area contributed by atoms with Crippen molar-refractivity contribution in [1.29, 1.82) is 0 Å². The van der Waals surface area contributed by atoms with Crippen LogP contribution in [0.1, 0.15) is 33.6 Å². The van der Waals surface area contributed by atoms with Crippen LogP contribution in [0.5, 0.6) is 0 Å². The second kappa shape index (κ2) is 6.02. The van der Waals surface area contributed by atoms with Gasteiger partial charge in [-0.2, -0.15) is 0 Å². The molecule has 0 unspecified atom stereocenters. The molecule has 0 aromatic heterocycles. The molecule has 0 rings (SSSR count).